The van der Waals surface area contributed by atoms with E-state index in [9.17, 15) is 8.42 Å². The second-order valence-electron chi connectivity index (χ2n) is 3.63. The summed E-state index contributed by atoms with van der Waals surface area (Å²) in [5.41, 5.74) is 3.62. The second-order valence-corrected chi connectivity index (χ2v) is 6.19. The summed E-state index contributed by atoms with van der Waals surface area (Å²) in [6.07, 6.45) is 0.386. The van der Waals surface area contributed by atoms with Crippen LogP contribution < -0.4 is 0 Å². The first-order valence-electron chi connectivity index (χ1n) is 4.68. The molecule has 0 aromatic heterocycles. The van der Waals surface area contributed by atoms with Gasteiger partial charge in [0.25, 0.3) is 10.1 Å². The average molecular weight is 244 g/mol. The Morgan fingerprint density at radius 1 is 1.27 bits per heavy atom. The van der Waals surface area contributed by atoms with Crippen molar-refractivity contribution < 1.29 is 13.0 Å². The molecule has 1 aliphatic rings. The van der Waals surface area contributed by atoms with Gasteiger partial charge in [0.15, 0.2) is 0 Å². The first kappa shape index (κ1) is 11.0. The highest BCUT2D eigenvalue weighted by Crippen LogP contribution is 2.30. The first-order chi connectivity index (χ1) is 7.04. The van der Waals surface area contributed by atoms with E-state index in [1.807, 2.05) is 23.9 Å². The Bertz CT molecular complexity index is 466. The zero-order valence-corrected chi connectivity index (χ0v) is 9.77. The normalized spacial score (nSPS) is 15.3. The lowest BCUT2D eigenvalue weighted by atomic mass is 10.1. The van der Waals surface area contributed by atoms with Gasteiger partial charge in [0, 0.05) is 11.5 Å². The minimum Gasteiger partial charge on any atom is -0.286 e. The van der Waals surface area contributed by atoms with Crippen LogP contribution in [0.3, 0.4) is 0 Å². The van der Waals surface area contributed by atoms with Gasteiger partial charge < -0.3 is 0 Å². The van der Waals surface area contributed by atoms with Crippen LogP contribution in [0.1, 0.15) is 16.7 Å². The Labute approximate surface area is 93.6 Å². The van der Waals surface area contributed by atoms with Gasteiger partial charge in [-0.25, -0.2) is 0 Å². The van der Waals surface area contributed by atoms with Gasteiger partial charge in [-0.2, -0.15) is 20.2 Å². The summed E-state index contributed by atoms with van der Waals surface area (Å²) in [5, 5.41) is 0. The maximum Gasteiger partial charge on any atom is 0.265 e. The molecule has 1 aliphatic heterocycles. The maximum atomic E-state index is 10.6. The third-order valence-electron chi connectivity index (χ3n) is 2.43. The van der Waals surface area contributed by atoms with Crippen molar-refractivity contribution >= 4 is 21.9 Å². The van der Waals surface area contributed by atoms with Gasteiger partial charge in [0.1, 0.15) is 0 Å². The molecule has 15 heavy (non-hydrogen) atoms. The standard InChI is InChI=1S/C10H12O3S2/c11-15(12,13)4-3-8-1-2-9-6-14-7-10(9)5-8/h1-2,5H,3-4,6-7H2,(H,11,12,13). The summed E-state index contributed by atoms with van der Waals surface area (Å²) in [5.74, 6) is 1.86. The van der Waals surface area contributed by atoms with Crippen LogP contribution in [0, 0.1) is 0 Å². The van der Waals surface area contributed by atoms with Gasteiger partial charge in [-0.15, -0.1) is 0 Å². The van der Waals surface area contributed by atoms with E-state index in [1.165, 1.54) is 11.1 Å². The quantitative estimate of drug-likeness (QED) is 0.825. The molecule has 1 aromatic rings. The summed E-state index contributed by atoms with van der Waals surface area (Å²) in [6.45, 7) is 0. The van der Waals surface area contributed by atoms with Crippen LogP contribution in [0.5, 0.6) is 0 Å². The number of rotatable bonds is 3. The summed E-state index contributed by atoms with van der Waals surface area (Å²) in [4.78, 5) is 0. The van der Waals surface area contributed by atoms with Gasteiger partial charge in [0.2, 0.25) is 0 Å². The van der Waals surface area contributed by atoms with Crippen molar-refractivity contribution in [2.45, 2.75) is 17.9 Å². The number of benzene rings is 1. The summed E-state index contributed by atoms with van der Waals surface area (Å²) in [7, 11) is -3.84. The van der Waals surface area contributed by atoms with E-state index in [-0.39, 0.29) is 5.75 Å². The molecule has 0 saturated carbocycles. The molecule has 0 spiro atoms. The number of hydrogen-bond donors (Lipinski definition) is 1. The van der Waals surface area contributed by atoms with Crippen LogP contribution in [0.4, 0.5) is 0 Å². The summed E-state index contributed by atoms with van der Waals surface area (Å²) in [6, 6.07) is 6.03. The summed E-state index contributed by atoms with van der Waals surface area (Å²) >= 11 is 1.87. The molecule has 0 amide bonds. The predicted octanol–water partition coefficient (Wildman–Crippen LogP) is 1.86. The molecule has 0 unspecified atom stereocenters. The Balaban J connectivity index is 2.10. The smallest absolute Gasteiger partial charge is 0.265 e. The van der Waals surface area contributed by atoms with E-state index in [0.717, 1.165) is 17.1 Å². The topological polar surface area (TPSA) is 54.4 Å². The molecule has 1 N–H and O–H groups in total. The van der Waals surface area contributed by atoms with Gasteiger partial charge in [-0.3, -0.25) is 4.55 Å². The lowest BCUT2D eigenvalue weighted by molar-refractivity contribution is 0.482. The lowest BCUT2D eigenvalue weighted by Gasteiger charge is -2.03. The molecule has 3 nitrogen and oxygen atoms in total. The van der Waals surface area contributed by atoms with Crippen LogP contribution in [0.25, 0.3) is 0 Å². The Kier molecular flexibility index (Phi) is 3.04. The van der Waals surface area contributed by atoms with Crippen LogP contribution in [-0.2, 0) is 28.0 Å². The molecular formula is C10H12O3S2. The molecule has 0 radical (unpaired) electrons. The Morgan fingerprint density at radius 3 is 2.73 bits per heavy atom. The van der Waals surface area contributed by atoms with Gasteiger partial charge >= 0.3 is 0 Å². The molecule has 5 heteroatoms. The van der Waals surface area contributed by atoms with Crippen molar-refractivity contribution in [2.24, 2.45) is 0 Å². The first-order valence-corrected chi connectivity index (χ1v) is 7.44. The molecule has 0 saturated heterocycles. The maximum absolute atomic E-state index is 10.6. The van der Waals surface area contributed by atoms with Crippen molar-refractivity contribution in [3.63, 3.8) is 0 Å². The van der Waals surface area contributed by atoms with Crippen molar-refractivity contribution in [2.75, 3.05) is 5.75 Å². The van der Waals surface area contributed by atoms with Crippen molar-refractivity contribution in [1.29, 1.82) is 0 Å². The number of fused-ring (bicyclic) bond motifs is 1. The minimum absolute atomic E-state index is 0.196. The lowest BCUT2D eigenvalue weighted by Crippen LogP contribution is -2.06. The van der Waals surface area contributed by atoms with E-state index in [0.29, 0.717) is 6.42 Å². The highest BCUT2D eigenvalue weighted by Gasteiger charge is 2.12. The minimum atomic E-state index is -3.84. The molecule has 82 valence electrons. The highest BCUT2D eigenvalue weighted by molar-refractivity contribution is 7.98. The molecule has 1 aromatic carbocycles. The fraction of sp³-hybridized carbons (Fsp3) is 0.400. The Morgan fingerprint density at radius 2 is 2.00 bits per heavy atom. The van der Waals surface area contributed by atoms with E-state index >= 15 is 0 Å². The molecule has 0 fully saturated rings. The monoisotopic (exact) mass is 244 g/mol. The predicted molar refractivity (Wildman–Crippen MR) is 61.6 cm³/mol. The van der Waals surface area contributed by atoms with Gasteiger partial charge in [0.05, 0.1) is 5.75 Å². The number of hydrogen-bond acceptors (Lipinski definition) is 3. The molecule has 0 atom stereocenters. The largest absolute Gasteiger partial charge is 0.286 e. The third kappa shape index (κ3) is 2.96. The van der Waals surface area contributed by atoms with Crippen LogP contribution in [0.2, 0.25) is 0 Å². The fourth-order valence-electron chi connectivity index (χ4n) is 1.63. The zero-order valence-electron chi connectivity index (χ0n) is 8.14. The van der Waals surface area contributed by atoms with E-state index in [2.05, 4.69) is 6.07 Å². The summed E-state index contributed by atoms with van der Waals surface area (Å²) < 4.78 is 29.8. The molecule has 1 heterocycles. The highest BCUT2D eigenvalue weighted by atomic mass is 32.2. The van der Waals surface area contributed by atoms with E-state index in [1.54, 1.807) is 0 Å². The zero-order chi connectivity index (χ0) is 10.9. The van der Waals surface area contributed by atoms with Gasteiger partial charge in [-0.1, -0.05) is 18.2 Å². The van der Waals surface area contributed by atoms with Crippen LogP contribution in [0.15, 0.2) is 18.2 Å². The molecule has 0 bridgehead atoms. The van der Waals surface area contributed by atoms with Crippen molar-refractivity contribution in [3.05, 3.63) is 34.9 Å². The SMILES string of the molecule is O=S(=O)(O)CCc1ccc2c(c1)CSC2. The number of aryl methyl sites for hydroxylation is 1. The molecule has 0 aliphatic carbocycles. The fourth-order valence-corrected chi connectivity index (χ4v) is 3.21. The van der Waals surface area contributed by atoms with Crippen LogP contribution in [-0.4, -0.2) is 18.7 Å². The van der Waals surface area contributed by atoms with E-state index in [4.69, 9.17) is 4.55 Å². The average Bonchev–Trinajstić information content (AvgIpc) is 2.60. The molecule has 2 rings (SSSR count). The van der Waals surface area contributed by atoms with Gasteiger partial charge in [-0.05, 0) is 23.1 Å². The van der Waals surface area contributed by atoms with Crippen molar-refractivity contribution in [1.82, 2.24) is 0 Å². The second kappa shape index (κ2) is 4.15. The number of thioether (sulfide) groups is 1. The van der Waals surface area contributed by atoms with Crippen molar-refractivity contribution in [3.8, 4) is 0 Å². The Hall–Kier alpha value is -0.520. The van der Waals surface area contributed by atoms with Crippen LogP contribution >= 0.6 is 11.8 Å². The third-order valence-corrected chi connectivity index (χ3v) is 4.18. The molecular weight excluding hydrogens is 232 g/mol. The van der Waals surface area contributed by atoms with E-state index < -0.39 is 10.1 Å².